The summed E-state index contributed by atoms with van der Waals surface area (Å²) in [6.07, 6.45) is 40.9. The van der Waals surface area contributed by atoms with Crippen LogP contribution in [0.4, 0.5) is 0 Å². The summed E-state index contributed by atoms with van der Waals surface area (Å²) in [4.78, 5) is 33.0. The lowest BCUT2D eigenvalue weighted by atomic mass is 9.94. The molecule has 332 valence electrons. The fourth-order valence-corrected chi connectivity index (χ4v) is 8.58. The Balaban J connectivity index is 2.38. The molecule has 1 N–H and O–H groups in total. The number of aliphatic hydroxyl groups excluding tert-OH is 1. The summed E-state index contributed by atoms with van der Waals surface area (Å²) in [7, 11) is 0. The first-order chi connectivity index (χ1) is 27.5. The van der Waals surface area contributed by atoms with E-state index in [2.05, 4.69) is 35.5 Å². The maximum absolute atomic E-state index is 13.3. The molecular weight excluding hydrogens is 695 g/mol. The summed E-state index contributed by atoms with van der Waals surface area (Å²) in [6, 6.07) is 0.669. The number of rotatable bonds is 42. The highest BCUT2D eigenvalue weighted by Gasteiger charge is 2.21. The topological polar surface area (TPSA) is 73.3 Å². The molecule has 1 aliphatic carbocycles. The van der Waals surface area contributed by atoms with Gasteiger partial charge in [-0.1, -0.05) is 168 Å². The molecule has 0 saturated heterocycles. The van der Waals surface area contributed by atoms with Crippen molar-refractivity contribution in [1.82, 2.24) is 14.7 Å². The Bertz CT molecular complexity index is 835. The van der Waals surface area contributed by atoms with Crippen LogP contribution in [-0.4, -0.2) is 96.8 Å². The second-order valence-corrected chi connectivity index (χ2v) is 17.5. The average molecular weight is 792 g/mol. The number of hydrogen-bond acceptors (Lipinski definition) is 6. The van der Waals surface area contributed by atoms with E-state index < -0.39 is 0 Å². The van der Waals surface area contributed by atoms with E-state index in [0.29, 0.717) is 31.4 Å². The molecule has 0 bridgehead atoms. The highest BCUT2D eigenvalue weighted by Crippen LogP contribution is 2.23. The predicted octanol–water partition coefficient (Wildman–Crippen LogP) is 12.7. The predicted molar refractivity (Wildman–Crippen MR) is 240 cm³/mol. The molecule has 1 saturated carbocycles. The molecule has 0 aromatic rings. The fraction of sp³-hybridized carbons (Fsp3) is 0.959. The van der Waals surface area contributed by atoms with Gasteiger partial charge in [-0.05, 0) is 70.9 Å². The van der Waals surface area contributed by atoms with Crippen LogP contribution in [0.1, 0.15) is 239 Å². The average Bonchev–Trinajstić information content (AvgIpc) is 3.21. The third-order valence-corrected chi connectivity index (χ3v) is 12.3. The lowest BCUT2D eigenvalue weighted by Crippen LogP contribution is -2.43. The van der Waals surface area contributed by atoms with Gasteiger partial charge in [-0.3, -0.25) is 19.4 Å². The van der Waals surface area contributed by atoms with Gasteiger partial charge in [-0.25, -0.2) is 0 Å². The van der Waals surface area contributed by atoms with Crippen molar-refractivity contribution in [1.29, 1.82) is 0 Å². The molecule has 0 spiro atoms. The van der Waals surface area contributed by atoms with E-state index in [4.69, 9.17) is 4.74 Å². The Morgan fingerprint density at radius 2 is 0.946 bits per heavy atom. The Morgan fingerprint density at radius 1 is 0.482 bits per heavy atom. The van der Waals surface area contributed by atoms with Crippen molar-refractivity contribution in [3.8, 4) is 0 Å². The van der Waals surface area contributed by atoms with Crippen molar-refractivity contribution in [3.05, 3.63) is 0 Å². The number of nitrogens with zero attached hydrogens (tertiary/aromatic N) is 3. The van der Waals surface area contributed by atoms with Crippen LogP contribution in [-0.2, 0) is 14.3 Å². The van der Waals surface area contributed by atoms with E-state index >= 15 is 0 Å². The number of ether oxygens (including phenoxy) is 1. The zero-order valence-corrected chi connectivity index (χ0v) is 38.0. The van der Waals surface area contributed by atoms with Gasteiger partial charge < -0.3 is 14.7 Å². The van der Waals surface area contributed by atoms with E-state index in [-0.39, 0.29) is 12.6 Å². The Kier molecular flexibility index (Phi) is 38.3. The van der Waals surface area contributed by atoms with Gasteiger partial charge in [0.2, 0.25) is 5.91 Å². The molecule has 0 atom stereocenters. The summed E-state index contributed by atoms with van der Waals surface area (Å²) >= 11 is 0. The molecule has 1 fully saturated rings. The first-order valence-corrected chi connectivity index (χ1v) is 25.1. The van der Waals surface area contributed by atoms with Gasteiger partial charge in [0.1, 0.15) is 0 Å². The highest BCUT2D eigenvalue weighted by atomic mass is 16.5. The van der Waals surface area contributed by atoms with E-state index in [1.165, 1.54) is 148 Å². The zero-order chi connectivity index (χ0) is 40.6. The number of hydrogen-bond donors (Lipinski definition) is 1. The lowest BCUT2D eigenvalue weighted by molar-refractivity contribution is -0.144. The number of unbranched alkanes of at least 4 members (excludes halogenated alkanes) is 22. The highest BCUT2D eigenvalue weighted by molar-refractivity contribution is 5.76. The molecule has 1 rings (SSSR count). The molecular formula is C49H97N3O4. The zero-order valence-electron chi connectivity index (χ0n) is 38.0. The monoisotopic (exact) mass is 792 g/mol. The van der Waals surface area contributed by atoms with E-state index in [1.54, 1.807) is 0 Å². The summed E-state index contributed by atoms with van der Waals surface area (Å²) < 4.78 is 5.54. The molecule has 0 aliphatic heterocycles. The minimum Gasteiger partial charge on any atom is -0.466 e. The molecule has 0 aromatic heterocycles. The van der Waals surface area contributed by atoms with Crippen molar-refractivity contribution >= 4 is 11.9 Å². The van der Waals surface area contributed by atoms with E-state index in [1.807, 2.05) is 0 Å². The largest absolute Gasteiger partial charge is 0.466 e. The summed E-state index contributed by atoms with van der Waals surface area (Å²) in [5.41, 5.74) is 0. The van der Waals surface area contributed by atoms with Crippen LogP contribution in [0.5, 0.6) is 0 Å². The molecule has 7 nitrogen and oxygen atoms in total. The van der Waals surface area contributed by atoms with Gasteiger partial charge in [-0.15, -0.1) is 0 Å². The maximum Gasteiger partial charge on any atom is 0.305 e. The smallest absolute Gasteiger partial charge is 0.305 e. The van der Waals surface area contributed by atoms with Crippen LogP contribution < -0.4 is 0 Å². The van der Waals surface area contributed by atoms with Crippen LogP contribution in [0.25, 0.3) is 0 Å². The van der Waals surface area contributed by atoms with Crippen LogP contribution >= 0.6 is 0 Å². The first kappa shape index (κ1) is 52.8. The van der Waals surface area contributed by atoms with Crippen LogP contribution in [0, 0.1) is 0 Å². The second-order valence-electron chi connectivity index (χ2n) is 17.5. The summed E-state index contributed by atoms with van der Waals surface area (Å²) in [5, 5.41) is 9.89. The van der Waals surface area contributed by atoms with E-state index in [9.17, 15) is 14.7 Å². The van der Waals surface area contributed by atoms with Gasteiger partial charge in [0, 0.05) is 51.6 Å². The number of esters is 1. The molecule has 0 radical (unpaired) electrons. The third-order valence-electron chi connectivity index (χ3n) is 12.3. The van der Waals surface area contributed by atoms with Gasteiger partial charge in [0.25, 0.3) is 0 Å². The van der Waals surface area contributed by atoms with Crippen molar-refractivity contribution in [2.75, 3.05) is 59.0 Å². The standard InChI is InChI=1S/C49H97N3O4/c1-4-7-10-13-16-17-18-21-33-46-56-49(55)37-28-24-32-39-51(47-34-25-22-26-35-47)43-42-50(44-45-53)38-29-23-27-36-48(54)52(40-30-19-14-11-8-5-2)41-31-20-15-12-9-6-3/h47,53H,4-46H2,1-3H3. The molecule has 0 unspecified atom stereocenters. The number of carbonyl (C=O) groups is 2. The molecule has 1 amide bonds. The fourth-order valence-electron chi connectivity index (χ4n) is 8.58. The van der Waals surface area contributed by atoms with Crippen molar-refractivity contribution in [2.24, 2.45) is 0 Å². The van der Waals surface area contributed by atoms with Gasteiger partial charge in [0.15, 0.2) is 0 Å². The van der Waals surface area contributed by atoms with Crippen molar-refractivity contribution < 1.29 is 19.4 Å². The van der Waals surface area contributed by atoms with Gasteiger partial charge >= 0.3 is 5.97 Å². The Morgan fingerprint density at radius 3 is 1.50 bits per heavy atom. The van der Waals surface area contributed by atoms with Crippen molar-refractivity contribution in [3.63, 3.8) is 0 Å². The SMILES string of the molecule is CCCCCCCCCCCOC(=O)CCCCCN(CCN(CCO)CCCCCC(=O)N(CCCCCCCC)CCCCCCCC)C1CCCCC1. The number of aliphatic hydroxyl groups is 1. The second kappa shape index (κ2) is 40.6. The van der Waals surface area contributed by atoms with E-state index in [0.717, 1.165) is 104 Å². The van der Waals surface area contributed by atoms with Crippen molar-refractivity contribution in [2.45, 2.75) is 245 Å². The molecule has 0 heterocycles. The van der Waals surface area contributed by atoms with Gasteiger partial charge in [0.05, 0.1) is 13.2 Å². The molecule has 56 heavy (non-hydrogen) atoms. The summed E-state index contributed by atoms with van der Waals surface area (Å²) in [5.74, 6) is 0.352. The first-order valence-electron chi connectivity index (χ1n) is 25.1. The Labute approximate surface area is 349 Å². The lowest BCUT2D eigenvalue weighted by Gasteiger charge is -2.36. The van der Waals surface area contributed by atoms with Crippen LogP contribution in [0.2, 0.25) is 0 Å². The van der Waals surface area contributed by atoms with Crippen LogP contribution in [0.3, 0.4) is 0 Å². The molecule has 1 aliphatic rings. The number of carbonyl (C=O) groups excluding carboxylic acids is 2. The van der Waals surface area contributed by atoms with Crippen LogP contribution in [0.15, 0.2) is 0 Å². The number of amides is 1. The summed E-state index contributed by atoms with van der Waals surface area (Å²) in [6.45, 7) is 14.3. The van der Waals surface area contributed by atoms with Gasteiger partial charge in [-0.2, -0.15) is 0 Å². The minimum atomic E-state index is -0.0172. The quantitative estimate of drug-likeness (QED) is 0.0490. The normalized spacial score (nSPS) is 13.6. The Hall–Kier alpha value is -1.18. The minimum absolute atomic E-state index is 0.0172. The molecule has 0 aromatic carbocycles. The molecule has 7 heteroatoms. The maximum atomic E-state index is 13.3. The third kappa shape index (κ3) is 31.8.